The van der Waals surface area contributed by atoms with Crippen molar-refractivity contribution < 1.29 is 55.1 Å². The molecule has 0 heterocycles. The first kappa shape index (κ1) is 9.03. The summed E-state index contributed by atoms with van der Waals surface area (Å²) in [5, 5.41) is 0. The first-order valence-corrected chi connectivity index (χ1v) is 2.42. The average molecular weight is 214 g/mol. The standard InChI is InChI=1S/2O.2Zr. The Labute approximate surface area is 54.5 Å². The molecule has 0 aliphatic heterocycles. The van der Waals surface area contributed by atoms with Crippen LogP contribution in [0.1, 0.15) is 0 Å². The average Bonchev–Trinajstić information content (AvgIpc) is 1.50. The van der Waals surface area contributed by atoms with Crippen molar-refractivity contribution in [3.05, 3.63) is 0 Å². The van der Waals surface area contributed by atoms with Gasteiger partial charge in [0.15, 0.2) is 0 Å². The summed E-state index contributed by atoms with van der Waals surface area (Å²) in [6, 6.07) is 0. The molecule has 0 N–H and O–H groups in total. The van der Waals surface area contributed by atoms with Crippen LogP contribution in [-0.4, -0.2) is 0 Å². The van der Waals surface area contributed by atoms with E-state index >= 15 is 0 Å². The van der Waals surface area contributed by atoms with E-state index in [1.807, 2.05) is 0 Å². The quantitative estimate of drug-likeness (QED) is 0.558. The number of hydrogen-bond acceptors (Lipinski definition) is 2. The molecule has 0 amide bonds. The van der Waals surface area contributed by atoms with Crippen molar-refractivity contribution in [1.29, 1.82) is 0 Å². The van der Waals surface area contributed by atoms with Crippen LogP contribution in [0.4, 0.5) is 0 Å². The van der Waals surface area contributed by atoms with Gasteiger partial charge in [0, 0.05) is 0 Å². The van der Waals surface area contributed by atoms with Crippen LogP contribution in [0.25, 0.3) is 0 Å². The summed E-state index contributed by atoms with van der Waals surface area (Å²) in [5.41, 5.74) is 0. The fourth-order valence-electron chi connectivity index (χ4n) is 0. The Balaban J connectivity index is 0. The van der Waals surface area contributed by atoms with Gasteiger partial charge >= 0.3 is 55.1 Å². The molecule has 0 aromatic rings. The first-order valence-electron chi connectivity index (χ1n) is 0.408. The summed E-state index contributed by atoms with van der Waals surface area (Å²) in [6.07, 6.45) is 0. The normalized spacial score (nSPS) is 1.50. The predicted molar refractivity (Wildman–Crippen MR) is 1.37 cm³/mol. The van der Waals surface area contributed by atoms with Gasteiger partial charge in [-0.3, -0.25) is 0 Å². The van der Waals surface area contributed by atoms with Crippen LogP contribution in [0.3, 0.4) is 0 Å². The molecule has 0 rings (SSSR count). The van der Waals surface area contributed by atoms with Crippen molar-refractivity contribution >= 4 is 0 Å². The molecule has 0 fully saturated rings. The summed E-state index contributed by atoms with van der Waals surface area (Å²) >= 11 is 0.600. The van der Waals surface area contributed by atoms with Gasteiger partial charge in [-0.2, -0.15) is 0 Å². The second kappa shape index (κ2) is 26.5. The fraction of sp³-hybridized carbons (Fsp3) is 0. The van der Waals surface area contributed by atoms with Gasteiger partial charge in [0.05, 0.1) is 0 Å². The van der Waals surface area contributed by atoms with Crippen LogP contribution in [0.15, 0.2) is 0 Å². The van der Waals surface area contributed by atoms with Gasteiger partial charge in [-0.25, -0.2) is 0 Å². The van der Waals surface area contributed by atoms with E-state index in [0.717, 1.165) is 0 Å². The molecule has 0 spiro atoms. The second-order valence-corrected chi connectivity index (χ2v) is 0. The molecule has 4 heavy (non-hydrogen) atoms. The second-order valence-electron chi connectivity index (χ2n) is 0. The number of rotatable bonds is 0. The molecule has 0 atom stereocenters. The Morgan fingerprint density at radius 2 is 0.750 bits per heavy atom. The third-order valence-corrected chi connectivity index (χ3v) is 0. The summed E-state index contributed by atoms with van der Waals surface area (Å²) in [5.74, 6) is 0. The zero-order valence-corrected chi connectivity index (χ0v) is 6.73. The van der Waals surface area contributed by atoms with E-state index in [0.29, 0.717) is 49.4 Å². The first-order chi connectivity index (χ1) is 2.00. The van der Waals surface area contributed by atoms with Gasteiger partial charge in [-0.15, -0.1) is 0 Å². The molecule has 0 aromatic heterocycles. The molecule has 0 aliphatic rings. The summed E-state index contributed by atoms with van der Waals surface area (Å²) < 4.78 is 16.7. The van der Waals surface area contributed by atoms with Crippen molar-refractivity contribution in [2.24, 2.45) is 0 Å². The Hall–Kier alpha value is 1.37. The Morgan fingerprint density at radius 3 is 0.750 bits per heavy atom. The molecule has 4 heteroatoms. The van der Waals surface area contributed by atoms with Crippen LogP contribution in [0.5, 0.6) is 0 Å². The van der Waals surface area contributed by atoms with E-state index in [1.165, 1.54) is 0 Å². The van der Waals surface area contributed by atoms with Gasteiger partial charge in [0.25, 0.3) is 0 Å². The Morgan fingerprint density at radius 1 is 0.750 bits per heavy atom. The van der Waals surface area contributed by atoms with Gasteiger partial charge in [-0.1, -0.05) is 0 Å². The van der Waals surface area contributed by atoms with Gasteiger partial charge < -0.3 is 0 Å². The molecule has 0 aromatic carbocycles. The predicted octanol–water partition coefficient (Wildman–Crippen LogP) is -0.243. The van der Waals surface area contributed by atoms with E-state index < -0.39 is 0 Å². The molecule has 0 bridgehead atoms. The van der Waals surface area contributed by atoms with Crippen molar-refractivity contribution in [3.63, 3.8) is 0 Å². The fourth-order valence-corrected chi connectivity index (χ4v) is 0. The SMILES string of the molecule is [O]=[Zr].[O]=[Zr]. The topological polar surface area (TPSA) is 34.1 Å². The molecular weight excluding hydrogens is 214 g/mol. The van der Waals surface area contributed by atoms with Crippen molar-refractivity contribution in [2.45, 2.75) is 0 Å². The van der Waals surface area contributed by atoms with Gasteiger partial charge in [0.1, 0.15) is 0 Å². The van der Waals surface area contributed by atoms with E-state index in [2.05, 4.69) is 0 Å². The summed E-state index contributed by atoms with van der Waals surface area (Å²) in [7, 11) is 0. The molecule has 0 unspecified atom stereocenters. The van der Waals surface area contributed by atoms with Gasteiger partial charge in [0.2, 0.25) is 0 Å². The third-order valence-electron chi connectivity index (χ3n) is 0. The van der Waals surface area contributed by atoms with Crippen LogP contribution in [-0.2, 0) is 55.1 Å². The Bertz CT molecular complexity index is 6.00. The third kappa shape index (κ3) is 10.1. The molecule has 0 aliphatic carbocycles. The zero-order chi connectivity index (χ0) is 4.00. The van der Waals surface area contributed by atoms with Gasteiger partial charge in [-0.05, 0) is 0 Å². The number of hydrogen-bond donors (Lipinski definition) is 0. The molecule has 0 saturated heterocycles. The monoisotopic (exact) mass is 212 g/mol. The molecule has 2 nitrogen and oxygen atoms in total. The van der Waals surface area contributed by atoms with Crippen LogP contribution >= 0.6 is 0 Å². The van der Waals surface area contributed by atoms with Crippen molar-refractivity contribution in [2.75, 3.05) is 0 Å². The maximum absolute atomic E-state index is 8.34. The van der Waals surface area contributed by atoms with Crippen LogP contribution < -0.4 is 0 Å². The minimum atomic E-state index is 0.300. The minimum absolute atomic E-state index is 0.300. The molecule has 20 valence electrons. The molecule has 0 saturated carbocycles. The summed E-state index contributed by atoms with van der Waals surface area (Å²) in [4.78, 5) is 0. The van der Waals surface area contributed by atoms with E-state index in [4.69, 9.17) is 5.63 Å². The Kier molecular flexibility index (Phi) is 59.8. The zero-order valence-electron chi connectivity index (χ0n) is 1.82. The van der Waals surface area contributed by atoms with E-state index in [-0.39, 0.29) is 0 Å². The van der Waals surface area contributed by atoms with Crippen LogP contribution in [0, 0.1) is 0 Å². The maximum atomic E-state index is 8.34. The van der Waals surface area contributed by atoms with Crippen LogP contribution in [0.2, 0.25) is 0 Å². The molecular formula is O2Zr2. The van der Waals surface area contributed by atoms with E-state index in [1.54, 1.807) is 0 Å². The van der Waals surface area contributed by atoms with Crippen molar-refractivity contribution in [1.82, 2.24) is 0 Å². The van der Waals surface area contributed by atoms with E-state index in [9.17, 15) is 0 Å². The van der Waals surface area contributed by atoms with Crippen molar-refractivity contribution in [3.8, 4) is 0 Å². The molecule has 0 radical (unpaired) electrons. The summed E-state index contributed by atoms with van der Waals surface area (Å²) in [6.45, 7) is 0.